The summed E-state index contributed by atoms with van der Waals surface area (Å²) in [6.07, 6.45) is -0.0808. The number of aromatic nitrogens is 8. The lowest BCUT2D eigenvalue weighted by molar-refractivity contribution is -0.119. The Labute approximate surface area is 706 Å². The van der Waals surface area contributed by atoms with E-state index in [2.05, 4.69) is 55.0 Å². The number of rotatable bonds is 25. The highest BCUT2D eigenvalue weighted by Gasteiger charge is 2.58. The molecule has 10 atom stereocenters. The summed E-state index contributed by atoms with van der Waals surface area (Å²) in [5, 5.41) is 35.3. The van der Waals surface area contributed by atoms with E-state index in [1.54, 1.807) is 85.4 Å². The van der Waals surface area contributed by atoms with Crippen molar-refractivity contribution in [2.24, 2.45) is 11.8 Å². The Kier molecular flexibility index (Phi) is 22.3. The predicted octanol–water partition coefficient (Wildman–Crippen LogP) is 11.0. The lowest BCUT2D eigenvalue weighted by Gasteiger charge is -2.35. The zero-order chi connectivity index (χ0) is 86.8. The van der Waals surface area contributed by atoms with Crippen molar-refractivity contribution in [2.75, 3.05) is 67.7 Å². The minimum Gasteiger partial charge on any atom is -0.479 e. The van der Waals surface area contributed by atoms with Gasteiger partial charge in [-0.1, -0.05) is 19.7 Å². The second kappa shape index (κ2) is 33.6. The van der Waals surface area contributed by atoms with Gasteiger partial charge in [-0.05, 0) is 118 Å². The van der Waals surface area contributed by atoms with Crippen LogP contribution < -0.4 is 99.6 Å². The fraction of sp³-hybridized carbons (Fsp3) is 0.312. The number of nitrogens with one attached hydrogen (secondary N) is 2. The largest absolute Gasteiger partial charge is 0.587 e. The number of ether oxygens (including phenoxy) is 14. The molecule has 6 aromatic carbocycles. The molecular weight excluding hydrogens is 1710 g/mol. The SMILES string of the molecule is C=C1NC(=O)C=CN1[C@@H]1O[C@H](COP(=O)(Oc2ccc3c(c2)OCO3)Oc2ccc3c(c2)OCO3)[C@@H](O)[C@@]1(C)F.C=C1[C@H](COP(=O)(Oc2ccc3c(c2)OCO3)Oc2ccc3c(c2)OCO3)[C@@H](O)C[C@@H]1n1cnc2c(=O)[nH]c(C)nc21.C=C1[C@H](COP(=O)(Oc2ccc3c(c2)OCO3)Oc2ccc3c(c2)OCO3)[C@@H](O)C[C@@H]1n1cnc2c(OC)nc(C)nc21. The summed E-state index contributed by atoms with van der Waals surface area (Å²) < 4.78 is 189. The Morgan fingerprint density at radius 1 is 0.504 bits per heavy atom. The summed E-state index contributed by atoms with van der Waals surface area (Å²) in [5.74, 6) is 5.90. The normalized spacial score (nSPS) is 22.6. The second-order valence-electron chi connectivity index (χ2n) is 29.2. The molecule has 4 aromatic heterocycles. The van der Waals surface area contributed by atoms with Crippen LogP contribution in [0.2, 0.25) is 0 Å². The molecule has 10 aromatic rings. The molecule has 10 aliphatic rings. The molecule has 3 fully saturated rings. The van der Waals surface area contributed by atoms with E-state index in [9.17, 15) is 38.6 Å². The van der Waals surface area contributed by atoms with E-state index in [0.717, 1.165) is 13.0 Å². The smallest absolute Gasteiger partial charge is 0.479 e. The lowest BCUT2D eigenvalue weighted by Crippen LogP contribution is -2.51. The molecule has 5 N–H and O–H groups in total. The summed E-state index contributed by atoms with van der Waals surface area (Å²) in [6.45, 7) is 15.9. The summed E-state index contributed by atoms with van der Waals surface area (Å²) in [7, 11) is -11.7. The number of imidazole rings is 2. The molecular formula is C80H76FN10O31P3. The molecule has 8 aliphatic heterocycles. The molecule has 0 unspecified atom stereocenters. The highest BCUT2D eigenvalue weighted by Crippen LogP contribution is 2.58. The number of aliphatic hydroxyl groups is 3. The summed E-state index contributed by atoms with van der Waals surface area (Å²) >= 11 is 0. The maximum atomic E-state index is 15.7. The molecule has 1 amide bonds. The van der Waals surface area contributed by atoms with Crippen molar-refractivity contribution >= 4 is 51.7 Å². The van der Waals surface area contributed by atoms with E-state index >= 15 is 4.39 Å². The Morgan fingerprint density at radius 3 is 1.22 bits per heavy atom. The Morgan fingerprint density at radius 2 is 0.856 bits per heavy atom. The number of hydrogen-bond donors (Lipinski definition) is 5. The van der Waals surface area contributed by atoms with E-state index in [-0.39, 0.29) is 118 Å². The zero-order valence-electron chi connectivity index (χ0n) is 66.4. The number of phosphoric acid groups is 3. The molecule has 2 aliphatic carbocycles. The average molecular weight is 1790 g/mol. The van der Waals surface area contributed by atoms with Crippen LogP contribution >= 0.6 is 23.5 Å². The predicted molar refractivity (Wildman–Crippen MR) is 426 cm³/mol. The quantitative estimate of drug-likeness (QED) is 0.0262. The standard InChI is InChI=1S/C28H27N4O10P.C27H25N4O10P.C25H24FN2O11P/c1-15-19(21(33)10-20(15)32-12-29-26-27(32)30-16(2)31-28(26)35-3)11-40-43(34,41-17-4-6-22-24(8-17)38-13-36-22)42-18-5-7-23-25(9-18)39-14-37-23;1-14-18(20(32)9-19(14)31-11-28-25-26(31)29-15(2)30-27(25)33)10-39-42(34,40-16-3-5-21-23(7-16)37-12-35-21)41-17-4-6-22-24(8-17)38-13-36-22;1-14-27-22(29)7-8-28(14)24-25(2,26)23(30)21(37-24)11-36-40(31,38-15-3-5-17-19(9-15)34-12-32-17)39-16-4-6-18-20(10-16)35-13-33-18/h4-9,12,19-21,33H,1,10-11,13-14H2,2-3H3;3-8,11,18-20,32H,1,9-10,12-13H2,2H3,(H,29,30,33);3-10,21,23-24,30H,1,11-13H2,2H3,(H,27,29)/t19-,20-,21-;18-,19-,20-;21-,23-,24-,25-/m001/s1. The molecule has 654 valence electrons. The van der Waals surface area contributed by atoms with Gasteiger partial charge in [-0.3, -0.25) is 23.2 Å². The first-order chi connectivity index (χ1) is 60.2. The molecule has 125 heavy (non-hydrogen) atoms. The first-order valence-corrected chi connectivity index (χ1v) is 42.8. The van der Waals surface area contributed by atoms with Crippen LogP contribution in [0, 0.1) is 25.7 Å². The number of aliphatic hydroxyl groups excluding tert-OH is 3. The minimum atomic E-state index is -4.51. The van der Waals surface area contributed by atoms with Crippen molar-refractivity contribution in [3.8, 4) is 109 Å². The van der Waals surface area contributed by atoms with Gasteiger partial charge < -0.3 is 133 Å². The van der Waals surface area contributed by atoms with Gasteiger partial charge in [0.25, 0.3) is 11.5 Å². The highest BCUT2D eigenvalue weighted by molar-refractivity contribution is 7.50. The van der Waals surface area contributed by atoms with Gasteiger partial charge >= 0.3 is 23.5 Å². The maximum Gasteiger partial charge on any atom is 0.587 e. The summed E-state index contributed by atoms with van der Waals surface area (Å²) in [6, 6.07) is 27.0. The van der Waals surface area contributed by atoms with Crippen molar-refractivity contribution in [3.63, 3.8) is 0 Å². The van der Waals surface area contributed by atoms with Gasteiger partial charge in [-0.15, -0.1) is 0 Å². The highest BCUT2D eigenvalue weighted by atomic mass is 31.2. The number of fused-ring (bicyclic) bond motifs is 8. The van der Waals surface area contributed by atoms with E-state index in [4.69, 9.17) is 107 Å². The van der Waals surface area contributed by atoms with E-state index < -0.39 is 90.2 Å². The van der Waals surface area contributed by atoms with Crippen LogP contribution in [0.15, 0.2) is 176 Å². The Balaban J connectivity index is 0.000000127. The van der Waals surface area contributed by atoms with Gasteiger partial charge in [0.05, 0.1) is 63.9 Å². The first-order valence-electron chi connectivity index (χ1n) is 38.4. The van der Waals surface area contributed by atoms with Crippen molar-refractivity contribution < 1.29 is 145 Å². The van der Waals surface area contributed by atoms with Gasteiger partial charge in [0.1, 0.15) is 64.2 Å². The molecule has 41 nitrogen and oxygen atoms in total. The summed E-state index contributed by atoms with van der Waals surface area (Å²) in [4.78, 5) is 49.6. The number of H-pyrrole nitrogens is 1. The number of aryl methyl sites for hydroxylation is 2. The van der Waals surface area contributed by atoms with Crippen LogP contribution in [0.5, 0.6) is 109 Å². The third-order valence-corrected chi connectivity index (χ3v) is 25.1. The van der Waals surface area contributed by atoms with Gasteiger partial charge in [-0.2, -0.15) is 4.98 Å². The Hall–Kier alpha value is -13.0. The van der Waals surface area contributed by atoms with Gasteiger partial charge in [0, 0.05) is 60.5 Å². The topological polar surface area (TPSA) is 464 Å². The number of benzene rings is 6. The zero-order valence-corrected chi connectivity index (χ0v) is 69.1. The fourth-order valence-electron chi connectivity index (χ4n) is 14.9. The molecule has 12 heterocycles. The van der Waals surface area contributed by atoms with Crippen molar-refractivity contribution in [1.29, 1.82) is 0 Å². The number of halogens is 1. The van der Waals surface area contributed by atoms with Crippen molar-refractivity contribution in [3.05, 3.63) is 193 Å². The van der Waals surface area contributed by atoms with E-state index in [1.165, 1.54) is 73.1 Å². The molecule has 2 saturated carbocycles. The van der Waals surface area contributed by atoms with E-state index in [1.807, 2.05) is 4.57 Å². The van der Waals surface area contributed by atoms with E-state index in [0.29, 0.717) is 121 Å². The number of hydrogen-bond acceptors (Lipinski definition) is 37. The van der Waals surface area contributed by atoms with Crippen LogP contribution in [0.4, 0.5) is 4.39 Å². The van der Waals surface area contributed by atoms with Crippen LogP contribution in [0.1, 0.15) is 43.5 Å². The minimum absolute atomic E-state index is 0.0169. The number of aromatic amines is 1. The molecule has 20 rings (SSSR count). The number of methoxy groups -OCH3 is 1. The molecule has 1 saturated heterocycles. The Bertz CT molecular complexity index is 6000. The summed E-state index contributed by atoms with van der Waals surface area (Å²) in [5.41, 5.74) is 0.118. The van der Waals surface area contributed by atoms with Crippen LogP contribution in [0.25, 0.3) is 22.3 Å². The monoisotopic (exact) mass is 1780 g/mol. The van der Waals surface area contributed by atoms with Crippen LogP contribution in [-0.4, -0.2) is 169 Å². The molecule has 0 radical (unpaired) electrons. The number of carbonyl (C=O) groups excluding carboxylic acids is 1. The fourth-order valence-corrected chi connectivity index (χ4v) is 18.6. The molecule has 0 bridgehead atoms. The van der Waals surface area contributed by atoms with Crippen LogP contribution in [-0.2, 0) is 36.8 Å². The number of phosphoric ester groups is 3. The average Bonchev–Trinajstić information content (AvgIpc) is 1.63. The number of carbonyl (C=O) groups is 1. The van der Waals surface area contributed by atoms with Crippen molar-refractivity contribution in [2.45, 2.75) is 82.0 Å². The van der Waals surface area contributed by atoms with Crippen LogP contribution in [0.3, 0.4) is 0 Å². The number of alkyl halides is 1. The molecule has 0 spiro atoms. The van der Waals surface area contributed by atoms with Gasteiger partial charge in [0.2, 0.25) is 46.6 Å². The van der Waals surface area contributed by atoms with Crippen molar-refractivity contribution in [1.82, 2.24) is 49.3 Å². The third-order valence-electron chi connectivity index (χ3n) is 21.1. The molecule has 45 heteroatoms. The third kappa shape index (κ3) is 17.1. The second-order valence-corrected chi connectivity index (χ2v) is 33.8. The number of amides is 1. The first kappa shape index (κ1) is 82.9. The van der Waals surface area contributed by atoms with Gasteiger partial charge in [0.15, 0.2) is 103 Å². The lowest BCUT2D eigenvalue weighted by atomic mass is 9.98. The van der Waals surface area contributed by atoms with Gasteiger partial charge in [-0.25, -0.2) is 38.0 Å². The maximum absolute atomic E-state index is 15.7. The number of nitrogens with zero attached hydrogens (tertiary/aromatic N) is 8.